The van der Waals surface area contributed by atoms with Crippen molar-refractivity contribution in [2.45, 2.75) is 19.5 Å². The number of hydrogen-bond donors (Lipinski definition) is 1. The highest BCUT2D eigenvalue weighted by atomic mass is 79.9. The number of likely N-dealkylation sites (N-methyl/N-ethyl adjacent to an activating group) is 1. The van der Waals surface area contributed by atoms with Gasteiger partial charge in [-0.2, -0.15) is 0 Å². The molecular weight excluding hydrogens is 522 g/mol. The summed E-state index contributed by atoms with van der Waals surface area (Å²) in [5.74, 6) is -0.690. The molecule has 174 valence electrons. The molecule has 0 spiro atoms. The Balaban J connectivity index is 2.44. The highest BCUT2D eigenvalue weighted by Crippen LogP contribution is 2.33. The molecule has 2 rings (SSSR count). The van der Waals surface area contributed by atoms with Crippen molar-refractivity contribution in [2.24, 2.45) is 0 Å². The van der Waals surface area contributed by atoms with Crippen molar-refractivity contribution in [1.82, 2.24) is 10.2 Å². The topological polar surface area (TPSA) is 96.0 Å². The molecule has 0 radical (unpaired) electrons. The van der Waals surface area contributed by atoms with Gasteiger partial charge in [0.1, 0.15) is 18.3 Å². The molecular formula is C21H25BrClN3O5S. The molecule has 0 heterocycles. The molecule has 2 aromatic rings. The number of hydrogen-bond acceptors (Lipinski definition) is 5. The number of carbonyl (C=O) groups is 2. The second-order valence-electron chi connectivity index (χ2n) is 7.02. The van der Waals surface area contributed by atoms with E-state index in [0.717, 1.165) is 20.6 Å². The van der Waals surface area contributed by atoms with Crippen LogP contribution in [0.4, 0.5) is 5.69 Å². The summed E-state index contributed by atoms with van der Waals surface area (Å²) in [5.41, 5.74) is 0.913. The SMILES string of the molecule is CNC(=O)[C@H](C)N(Cc1ccc(Br)cc1)C(=O)CN(c1cc(Cl)ccc1OC)S(C)(=O)=O. The average Bonchev–Trinajstić information content (AvgIpc) is 2.75. The minimum absolute atomic E-state index is 0.116. The average molecular weight is 547 g/mol. The van der Waals surface area contributed by atoms with Gasteiger partial charge >= 0.3 is 0 Å². The summed E-state index contributed by atoms with van der Waals surface area (Å²) in [6.07, 6.45) is 0.988. The van der Waals surface area contributed by atoms with Crippen molar-refractivity contribution in [3.05, 3.63) is 57.5 Å². The van der Waals surface area contributed by atoms with E-state index in [9.17, 15) is 18.0 Å². The number of sulfonamides is 1. The van der Waals surface area contributed by atoms with Gasteiger partial charge in [-0.15, -0.1) is 0 Å². The monoisotopic (exact) mass is 545 g/mol. The molecule has 0 aromatic heterocycles. The molecule has 1 atom stereocenters. The van der Waals surface area contributed by atoms with Gasteiger partial charge in [0, 0.05) is 23.1 Å². The predicted octanol–water partition coefficient (Wildman–Crippen LogP) is 3.04. The largest absolute Gasteiger partial charge is 0.495 e. The Hall–Kier alpha value is -2.30. The third kappa shape index (κ3) is 6.60. The Kier molecular flexibility index (Phi) is 8.94. The van der Waals surface area contributed by atoms with Crippen molar-refractivity contribution in [2.75, 3.05) is 31.3 Å². The molecule has 1 N–H and O–H groups in total. The second-order valence-corrected chi connectivity index (χ2v) is 10.3. The molecule has 0 aliphatic carbocycles. The van der Waals surface area contributed by atoms with E-state index in [1.54, 1.807) is 13.0 Å². The summed E-state index contributed by atoms with van der Waals surface area (Å²) in [7, 11) is -1.02. The van der Waals surface area contributed by atoms with E-state index in [0.29, 0.717) is 0 Å². The fraction of sp³-hybridized carbons (Fsp3) is 0.333. The van der Waals surface area contributed by atoms with E-state index < -0.39 is 28.5 Å². The number of halogens is 2. The van der Waals surface area contributed by atoms with Gasteiger partial charge in [-0.3, -0.25) is 13.9 Å². The van der Waals surface area contributed by atoms with Gasteiger partial charge in [0.25, 0.3) is 0 Å². The van der Waals surface area contributed by atoms with Crippen LogP contribution in [0.3, 0.4) is 0 Å². The van der Waals surface area contributed by atoms with Crippen LogP contribution in [0.5, 0.6) is 5.75 Å². The van der Waals surface area contributed by atoms with Crippen LogP contribution in [0.2, 0.25) is 5.02 Å². The number of anilines is 1. The van der Waals surface area contributed by atoms with Crippen molar-refractivity contribution in [3.63, 3.8) is 0 Å². The maximum atomic E-state index is 13.3. The molecule has 8 nitrogen and oxygen atoms in total. The molecule has 0 aliphatic rings. The van der Waals surface area contributed by atoms with Gasteiger partial charge in [-0.05, 0) is 42.8 Å². The highest BCUT2D eigenvalue weighted by molar-refractivity contribution is 9.10. The quantitative estimate of drug-likeness (QED) is 0.522. The predicted molar refractivity (Wildman–Crippen MR) is 128 cm³/mol. The summed E-state index contributed by atoms with van der Waals surface area (Å²) >= 11 is 9.43. The lowest BCUT2D eigenvalue weighted by molar-refractivity contribution is -0.139. The van der Waals surface area contributed by atoms with Gasteiger partial charge in [-0.25, -0.2) is 8.42 Å². The molecule has 2 amide bonds. The van der Waals surface area contributed by atoms with Crippen LogP contribution in [-0.4, -0.2) is 58.1 Å². The van der Waals surface area contributed by atoms with E-state index in [1.165, 1.54) is 31.2 Å². The van der Waals surface area contributed by atoms with Gasteiger partial charge in [0.15, 0.2) is 0 Å². The molecule has 0 bridgehead atoms. The van der Waals surface area contributed by atoms with Crippen molar-refractivity contribution < 1.29 is 22.7 Å². The molecule has 0 aliphatic heterocycles. The molecule has 0 unspecified atom stereocenters. The molecule has 2 aromatic carbocycles. The lowest BCUT2D eigenvalue weighted by Crippen LogP contribution is -2.50. The van der Waals surface area contributed by atoms with E-state index in [2.05, 4.69) is 21.2 Å². The first kappa shape index (κ1) is 26.0. The van der Waals surface area contributed by atoms with Gasteiger partial charge in [-0.1, -0.05) is 39.7 Å². The number of nitrogens with zero attached hydrogens (tertiary/aromatic N) is 2. The fourth-order valence-electron chi connectivity index (χ4n) is 3.03. The normalized spacial score (nSPS) is 12.1. The number of methoxy groups -OCH3 is 1. The first-order valence-electron chi connectivity index (χ1n) is 9.54. The Morgan fingerprint density at radius 3 is 2.34 bits per heavy atom. The first-order chi connectivity index (χ1) is 15.0. The summed E-state index contributed by atoms with van der Waals surface area (Å²) in [5, 5.41) is 2.81. The summed E-state index contributed by atoms with van der Waals surface area (Å²) < 4.78 is 32.3. The standard InChI is InChI=1S/C21H25BrClN3O5S/c1-14(21(28)24-2)25(12-15-5-7-16(22)8-6-15)20(27)13-26(32(4,29)30)18-11-17(23)9-10-19(18)31-3/h5-11,14H,12-13H2,1-4H3,(H,24,28)/t14-/m0/s1. The summed E-state index contributed by atoms with van der Waals surface area (Å²) in [6.45, 7) is 1.17. The van der Waals surface area contributed by atoms with E-state index in [1.807, 2.05) is 24.3 Å². The lowest BCUT2D eigenvalue weighted by Gasteiger charge is -2.31. The smallest absolute Gasteiger partial charge is 0.244 e. The number of benzene rings is 2. The maximum absolute atomic E-state index is 13.3. The molecule has 11 heteroatoms. The zero-order valence-corrected chi connectivity index (χ0v) is 21.3. The van der Waals surface area contributed by atoms with E-state index in [-0.39, 0.29) is 28.9 Å². The number of amides is 2. The summed E-state index contributed by atoms with van der Waals surface area (Å²) in [4.78, 5) is 27.0. The van der Waals surface area contributed by atoms with Crippen LogP contribution in [0.1, 0.15) is 12.5 Å². The third-order valence-electron chi connectivity index (χ3n) is 4.77. The number of rotatable bonds is 9. The third-order valence-corrected chi connectivity index (χ3v) is 6.66. The molecule has 0 saturated heterocycles. The van der Waals surface area contributed by atoms with Crippen molar-refractivity contribution >= 4 is 55.1 Å². The Bertz CT molecular complexity index is 1080. The van der Waals surface area contributed by atoms with Crippen LogP contribution in [-0.2, 0) is 26.2 Å². The fourth-order valence-corrected chi connectivity index (χ4v) is 4.31. The minimum Gasteiger partial charge on any atom is -0.495 e. The number of carbonyl (C=O) groups excluding carboxylic acids is 2. The lowest BCUT2D eigenvalue weighted by atomic mass is 10.1. The molecule has 0 saturated carbocycles. The minimum atomic E-state index is -3.89. The first-order valence-corrected chi connectivity index (χ1v) is 12.6. The zero-order valence-electron chi connectivity index (χ0n) is 18.1. The van der Waals surface area contributed by atoms with Crippen LogP contribution in [0.15, 0.2) is 46.9 Å². The Morgan fingerprint density at radius 2 is 1.81 bits per heavy atom. The molecule has 0 fully saturated rings. The number of ether oxygens (including phenoxy) is 1. The van der Waals surface area contributed by atoms with Crippen LogP contribution >= 0.6 is 27.5 Å². The van der Waals surface area contributed by atoms with Crippen LogP contribution in [0.25, 0.3) is 0 Å². The van der Waals surface area contributed by atoms with E-state index in [4.69, 9.17) is 16.3 Å². The second kappa shape index (κ2) is 11.0. The van der Waals surface area contributed by atoms with Gasteiger partial charge in [0.05, 0.1) is 19.1 Å². The van der Waals surface area contributed by atoms with Gasteiger partial charge in [0.2, 0.25) is 21.8 Å². The van der Waals surface area contributed by atoms with E-state index >= 15 is 0 Å². The van der Waals surface area contributed by atoms with Crippen molar-refractivity contribution in [1.29, 1.82) is 0 Å². The Morgan fingerprint density at radius 1 is 1.19 bits per heavy atom. The zero-order chi connectivity index (χ0) is 24.1. The summed E-state index contributed by atoms with van der Waals surface area (Å²) in [6, 6.07) is 10.9. The van der Waals surface area contributed by atoms with Gasteiger partial charge < -0.3 is 15.0 Å². The van der Waals surface area contributed by atoms with Crippen molar-refractivity contribution in [3.8, 4) is 5.75 Å². The highest BCUT2D eigenvalue weighted by Gasteiger charge is 2.31. The van der Waals surface area contributed by atoms with Crippen LogP contribution < -0.4 is 14.4 Å². The Labute approximate surface area is 201 Å². The number of nitrogens with one attached hydrogen (secondary N) is 1. The maximum Gasteiger partial charge on any atom is 0.244 e. The molecule has 32 heavy (non-hydrogen) atoms. The van der Waals surface area contributed by atoms with Crippen LogP contribution in [0, 0.1) is 0 Å².